The van der Waals surface area contributed by atoms with Crippen molar-refractivity contribution in [1.82, 2.24) is 10.6 Å². The lowest BCUT2D eigenvalue weighted by atomic mass is 9.79. The molecular formula is C14H24ClN3O5S. The number of aryl methyl sites for hydroxylation is 1. The molecule has 0 bridgehead atoms. The number of carbonyl (C=O) groups is 1. The van der Waals surface area contributed by atoms with Crippen molar-refractivity contribution < 1.29 is 22.4 Å². The zero-order chi connectivity index (χ0) is 17.1. The fraction of sp³-hybridized carbons (Fsp3) is 0.643. The molecule has 1 amide bonds. The van der Waals surface area contributed by atoms with Crippen LogP contribution in [0, 0.1) is 12.3 Å². The topological polar surface area (TPSA) is 124 Å². The van der Waals surface area contributed by atoms with Crippen LogP contribution in [-0.2, 0) is 14.8 Å². The van der Waals surface area contributed by atoms with Gasteiger partial charge in [-0.1, -0.05) is 0 Å². The molecule has 10 heteroatoms. The predicted molar refractivity (Wildman–Crippen MR) is 90.8 cm³/mol. The van der Waals surface area contributed by atoms with E-state index in [-0.39, 0.29) is 34.2 Å². The van der Waals surface area contributed by atoms with E-state index in [9.17, 15) is 13.2 Å². The minimum absolute atomic E-state index is 0. The lowest BCUT2D eigenvalue weighted by Crippen LogP contribution is -2.47. The van der Waals surface area contributed by atoms with Crippen molar-refractivity contribution in [2.75, 3.05) is 33.4 Å². The third kappa shape index (κ3) is 4.93. The summed E-state index contributed by atoms with van der Waals surface area (Å²) >= 11 is 0. The van der Waals surface area contributed by atoms with Crippen LogP contribution in [0.5, 0.6) is 0 Å². The summed E-state index contributed by atoms with van der Waals surface area (Å²) in [6.45, 7) is 4.18. The Bertz CT molecular complexity index is 662. The summed E-state index contributed by atoms with van der Waals surface area (Å²) in [6, 6.07) is 1.16. The molecule has 0 aliphatic carbocycles. The zero-order valence-electron chi connectivity index (χ0n) is 13.8. The molecule has 0 spiro atoms. The number of nitrogens with two attached hydrogens (primary N) is 1. The average molecular weight is 382 g/mol. The van der Waals surface area contributed by atoms with Crippen molar-refractivity contribution in [2.45, 2.75) is 24.7 Å². The van der Waals surface area contributed by atoms with Gasteiger partial charge in [-0.25, -0.2) is 13.6 Å². The first kappa shape index (κ1) is 20.9. The second kappa shape index (κ2) is 8.30. The number of hydrogen-bond donors (Lipinski definition) is 3. The number of furan rings is 1. The first-order valence-electron chi connectivity index (χ1n) is 7.38. The molecule has 1 aliphatic heterocycles. The maximum absolute atomic E-state index is 12.2. The van der Waals surface area contributed by atoms with E-state index in [1.807, 2.05) is 0 Å². The summed E-state index contributed by atoms with van der Waals surface area (Å²) in [7, 11) is -2.27. The summed E-state index contributed by atoms with van der Waals surface area (Å²) in [4.78, 5) is 12.1. The molecule has 0 unspecified atom stereocenters. The molecule has 1 aliphatic rings. The van der Waals surface area contributed by atoms with Crippen LogP contribution in [0.3, 0.4) is 0 Å². The number of halogens is 1. The van der Waals surface area contributed by atoms with Crippen LogP contribution in [0.4, 0.5) is 0 Å². The zero-order valence-corrected chi connectivity index (χ0v) is 15.4. The van der Waals surface area contributed by atoms with Gasteiger partial charge in [0, 0.05) is 25.1 Å². The van der Waals surface area contributed by atoms with Gasteiger partial charge in [0.05, 0.1) is 6.61 Å². The second-order valence-electron chi connectivity index (χ2n) is 5.94. The Balaban J connectivity index is 0.00000288. The van der Waals surface area contributed by atoms with Gasteiger partial charge in [-0.15, -0.1) is 12.4 Å². The number of hydrogen-bond acceptors (Lipinski definition) is 6. The van der Waals surface area contributed by atoms with Crippen molar-refractivity contribution in [3.8, 4) is 0 Å². The SMILES string of the molecule is COCC1(CNC(=O)c2cc(S(N)(=O)=O)c(C)o2)CCNCC1.Cl. The first-order chi connectivity index (χ1) is 10.8. The Morgan fingerprint density at radius 1 is 1.46 bits per heavy atom. The molecule has 0 radical (unpaired) electrons. The van der Waals surface area contributed by atoms with E-state index in [2.05, 4.69) is 10.6 Å². The monoisotopic (exact) mass is 381 g/mol. The lowest BCUT2D eigenvalue weighted by Gasteiger charge is -2.37. The van der Waals surface area contributed by atoms with Crippen LogP contribution in [0.15, 0.2) is 15.4 Å². The molecule has 1 fully saturated rings. The van der Waals surface area contributed by atoms with Crippen LogP contribution in [0.2, 0.25) is 0 Å². The highest BCUT2D eigenvalue weighted by atomic mass is 35.5. The highest BCUT2D eigenvalue weighted by Crippen LogP contribution is 2.28. The van der Waals surface area contributed by atoms with Gasteiger partial charge in [-0.3, -0.25) is 4.79 Å². The Hall–Kier alpha value is -1.13. The van der Waals surface area contributed by atoms with Gasteiger partial charge in [0.1, 0.15) is 10.7 Å². The maximum atomic E-state index is 12.2. The molecule has 1 saturated heterocycles. The van der Waals surface area contributed by atoms with Crippen LogP contribution < -0.4 is 15.8 Å². The third-order valence-electron chi connectivity index (χ3n) is 4.14. The van der Waals surface area contributed by atoms with Gasteiger partial charge in [0.2, 0.25) is 10.0 Å². The van der Waals surface area contributed by atoms with Gasteiger partial charge >= 0.3 is 0 Å². The number of piperidine rings is 1. The van der Waals surface area contributed by atoms with Crippen molar-refractivity contribution in [3.05, 3.63) is 17.6 Å². The van der Waals surface area contributed by atoms with Crippen LogP contribution in [0.1, 0.15) is 29.2 Å². The molecule has 0 atom stereocenters. The fourth-order valence-electron chi connectivity index (χ4n) is 2.85. The van der Waals surface area contributed by atoms with Gasteiger partial charge in [-0.2, -0.15) is 0 Å². The third-order valence-corrected chi connectivity index (χ3v) is 5.16. The minimum Gasteiger partial charge on any atom is -0.455 e. The summed E-state index contributed by atoms with van der Waals surface area (Å²) in [5, 5.41) is 11.2. The summed E-state index contributed by atoms with van der Waals surface area (Å²) in [5.74, 6) is -0.420. The molecule has 138 valence electrons. The number of rotatable bonds is 6. The highest BCUT2D eigenvalue weighted by molar-refractivity contribution is 7.89. The Morgan fingerprint density at radius 2 is 2.08 bits per heavy atom. The van der Waals surface area contributed by atoms with Crippen molar-refractivity contribution in [2.24, 2.45) is 10.6 Å². The average Bonchev–Trinajstić information content (AvgIpc) is 2.88. The van der Waals surface area contributed by atoms with Crippen molar-refractivity contribution in [1.29, 1.82) is 0 Å². The van der Waals surface area contributed by atoms with E-state index in [4.69, 9.17) is 14.3 Å². The number of carbonyl (C=O) groups excluding carboxylic acids is 1. The Morgan fingerprint density at radius 3 is 2.58 bits per heavy atom. The second-order valence-corrected chi connectivity index (χ2v) is 7.47. The number of primary sulfonamides is 1. The van der Waals surface area contributed by atoms with Gasteiger partial charge in [0.15, 0.2) is 5.76 Å². The smallest absolute Gasteiger partial charge is 0.287 e. The minimum atomic E-state index is -3.90. The molecule has 2 heterocycles. The molecule has 4 N–H and O–H groups in total. The largest absolute Gasteiger partial charge is 0.455 e. The Kier molecular flexibility index (Phi) is 7.24. The van der Waals surface area contributed by atoms with E-state index < -0.39 is 15.9 Å². The van der Waals surface area contributed by atoms with Gasteiger partial charge in [-0.05, 0) is 32.9 Å². The van der Waals surface area contributed by atoms with Crippen LogP contribution in [-0.4, -0.2) is 47.7 Å². The normalized spacial score (nSPS) is 17.1. The van der Waals surface area contributed by atoms with Crippen molar-refractivity contribution in [3.63, 3.8) is 0 Å². The molecule has 2 rings (SSSR count). The van der Waals surface area contributed by atoms with E-state index in [1.54, 1.807) is 7.11 Å². The molecular weight excluding hydrogens is 358 g/mol. The molecule has 0 aromatic carbocycles. The van der Waals surface area contributed by atoms with E-state index in [0.29, 0.717) is 13.2 Å². The quantitative estimate of drug-likeness (QED) is 0.655. The molecule has 24 heavy (non-hydrogen) atoms. The highest BCUT2D eigenvalue weighted by Gasteiger charge is 2.33. The summed E-state index contributed by atoms with van der Waals surface area (Å²) in [5.41, 5.74) is -0.125. The predicted octanol–water partition coefficient (Wildman–Crippen LogP) is 0.403. The van der Waals surface area contributed by atoms with Crippen LogP contribution >= 0.6 is 12.4 Å². The standard InChI is InChI=1S/C14H23N3O5S.ClH/c1-10-12(23(15,19)20)7-11(22-10)13(18)17-8-14(9-21-2)3-5-16-6-4-14;/h7,16H,3-6,8-9H2,1-2H3,(H,17,18)(H2,15,19,20);1H. The number of ether oxygens (including phenoxy) is 1. The van der Waals surface area contributed by atoms with E-state index in [1.165, 1.54) is 6.92 Å². The molecule has 1 aromatic rings. The molecule has 8 nitrogen and oxygen atoms in total. The van der Waals surface area contributed by atoms with Crippen molar-refractivity contribution >= 4 is 28.3 Å². The number of sulfonamides is 1. The van der Waals surface area contributed by atoms with Gasteiger partial charge < -0.3 is 19.8 Å². The summed E-state index contributed by atoms with van der Waals surface area (Å²) < 4.78 is 33.3. The Labute approximate surface area is 147 Å². The first-order valence-corrected chi connectivity index (χ1v) is 8.93. The number of amides is 1. The lowest BCUT2D eigenvalue weighted by molar-refractivity contribution is 0.0506. The summed E-state index contributed by atoms with van der Waals surface area (Å²) in [6.07, 6.45) is 1.78. The van der Waals surface area contributed by atoms with E-state index >= 15 is 0 Å². The molecule has 0 saturated carbocycles. The molecule has 1 aromatic heterocycles. The van der Waals surface area contributed by atoms with E-state index in [0.717, 1.165) is 32.0 Å². The fourth-order valence-corrected chi connectivity index (χ4v) is 3.56. The van der Waals surface area contributed by atoms with Gasteiger partial charge in [0.25, 0.3) is 5.91 Å². The number of nitrogens with one attached hydrogen (secondary N) is 2. The number of methoxy groups -OCH3 is 1. The maximum Gasteiger partial charge on any atom is 0.287 e. The van der Waals surface area contributed by atoms with Crippen LogP contribution in [0.25, 0.3) is 0 Å².